The Balaban J connectivity index is 1.33. The molecule has 0 radical (unpaired) electrons. The van der Waals surface area contributed by atoms with Gasteiger partial charge >= 0.3 is 0 Å². The minimum Gasteiger partial charge on any atom is -0.353 e. The van der Waals surface area contributed by atoms with Gasteiger partial charge in [0.25, 0.3) is 5.91 Å². The van der Waals surface area contributed by atoms with E-state index in [2.05, 4.69) is 35.9 Å². The van der Waals surface area contributed by atoms with Crippen LogP contribution in [0.1, 0.15) is 33.4 Å². The molecule has 9 nitrogen and oxygen atoms in total. The monoisotopic (exact) mass is 423 g/mol. The molecular weight excluding hydrogens is 402 g/mol. The van der Waals surface area contributed by atoms with Gasteiger partial charge in [0, 0.05) is 26.1 Å². The molecule has 10 heteroatoms. The molecule has 0 aliphatic carbocycles. The highest BCUT2D eigenvalue weighted by molar-refractivity contribution is 7.17. The van der Waals surface area contributed by atoms with Gasteiger partial charge in [-0.05, 0) is 24.1 Å². The van der Waals surface area contributed by atoms with Crippen LogP contribution in [0.3, 0.4) is 0 Å². The Morgan fingerprint density at radius 3 is 2.67 bits per heavy atom. The number of nitrogens with one attached hydrogen (secondary N) is 2. The van der Waals surface area contributed by atoms with E-state index in [1.54, 1.807) is 13.1 Å². The fourth-order valence-electron chi connectivity index (χ4n) is 3.31. The highest BCUT2D eigenvalue weighted by Gasteiger charge is 2.28. The Morgan fingerprint density at radius 2 is 1.93 bits per heavy atom. The largest absolute Gasteiger partial charge is 0.353 e. The van der Waals surface area contributed by atoms with Crippen molar-refractivity contribution in [3.8, 4) is 0 Å². The van der Waals surface area contributed by atoms with Gasteiger partial charge in [-0.1, -0.05) is 41.7 Å². The van der Waals surface area contributed by atoms with E-state index < -0.39 is 0 Å². The maximum atomic E-state index is 12.2. The standard InChI is InChI=1S/C20H21N7O2S/c1-21-18(29)19-25-26-20(30-19)27-10-9-14(12-27)15-7-8-16(24-23-15)22-17(28)11-13-5-3-2-4-6-13/h2-8,14H,9-12H2,1H3,(H,21,29)(H,22,24,28). The van der Waals surface area contributed by atoms with Crippen LogP contribution in [0.4, 0.5) is 10.9 Å². The molecule has 1 atom stereocenters. The quantitative estimate of drug-likeness (QED) is 0.622. The molecule has 3 heterocycles. The van der Waals surface area contributed by atoms with Gasteiger partial charge in [0.15, 0.2) is 5.82 Å². The number of aromatic nitrogens is 4. The van der Waals surface area contributed by atoms with E-state index in [0.717, 1.165) is 35.9 Å². The molecule has 30 heavy (non-hydrogen) atoms. The number of amides is 2. The van der Waals surface area contributed by atoms with Crippen LogP contribution in [-0.2, 0) is 11.2 Å². The average molecular weight is 424 g/mol. The summed E-state index contributed by atoms with van der Waals surface area (Å²) in [4.78, 5) is 25.9. The molecule has 0 saturated carbocycles. The summed E-state index contributed by atoms with van der Waals surface area (Å²) >= 11 is 1.28. The number of rotatable bonds is 6. The molecule has 0 spiro atoms. The molecular formula is C20H21N7O2S. The zero-order valence-electron chi connectivity index (χ0n) is 16.4. The van der Waals surface area contributed by atoms with Gasteiger partial charge in [0.1, 0.15) is 0 Å². The van der Waals surface area contributed by atoms with Gasteiger partial charge in [-0.25, -0.2) is 0 Å². The van der Waals surface area contributed by atoms with Crippen molar-refractivity contribution in [3.63, 3.8) is 0 Å². The van der Waals surface area contributed by atoms with Crippen LogP contribution in [0.15, 0.2) is 42.5 Å². The Bertz CT molecular complexity index is 1020. The number of nitrogens with zero attached hydrogens (tertiary/aromatic N) is 5. The minimum absolute atomic E-state index is 0.126. The van der Waals surface area contributed by atoms with Crippen LogP contribution >= 0.6 is 11.3 Å². The molecule has 1 aromatic carbocycles. The lowest BCUT2D eigenvalue weighted by molar-refractivity contribution is -0.115. The summed E-state index contributed by atoms with van der Waals surface area (Å²) in [7, 11) is 1.57. The first-order valence-electron chi connectivity index (χ1n) is 9.60. The molecule has 4 rings (SSSR count). The SMILES string of the molecule is CNC(=O)c1nnc(N2CCC(c3ccc(NC(=O)Cc4ccccc4)nn3)C2)s1. The predicted molar refractivity (Wildman–Crippen MR) is 114 cm³/mol. The van der Waals surface area contributed by atoms with E-state index in [1.807, 2.05) is 36.4 Å². The third-order valence-corrected chi connectivity index (χ3v) is 5.86. The van der Waals surface area contributed by atoms with Crippen molar-refractivity contribution in [2.24, 2.45) is 0 Å². The zero-order valence-corrected chi connectivity index (χ0v) is 17.2. The maximum Gasteiger partial charge on any atom is 0.282 e. The lowest BCUT2D eigenvalue weighted by atomic mass is 10.1. The van der Waals surface area contributed by atoms with Crippen molar-refractivity contribution < 1.29 is 9.59 Å². The molecule has 2 amide bonds. The van der Waals surface area contributed by atoms with Gasteiger partial charge in [-0.15, -0.1) is 15.3 Å². The van der Waals surface area contributed by atoms with Gasteiger partial charge in [0.2, 0.25) is 16.0 Å². The van der Waals surface area contributed by atoms with Crippen molar-refractivity contribution in [1.82, 2.24) is 25.7 Å². The summed E-state index contributed by atoms with van der Waals surface area (Å²) in [6, 6.07) is 13.2. The fourth-order valence-corrected chi connectivity index (χ4v) is 4.14. The Labute approximate surface area is 177 Å². The molecule has 2 aromatic heterocycles. The van der Waals surface area contributed by atoms with Crippen LogP contribution in [0, 0.1) is 0 Å². The molecule has 1 aliphatic heterocycles. The maximum absolute atomic E-state index is 12.2. The van der Waals surface area contributed by atoms with Crippen LogP contribution in [0.5, 0.6) is 0 Å². The predicted octanol–water partition coefficient (Wildman–Crippen LogP) is 1.86. The van der Waals surface area contributed by atoms with Crippen LogP contribution in [-0.4, -0.2) is 52.3 Å². The number of anilines is 2. The molecule has 1 aliphatic rings. The molecule has 0 bridgehead atoms. The van der Waals surface area contributed by atoms with Gasteiger partial charge in [0.05, 0.1) is 12.1 Å². The summed E-state index contributed by atoms with van der Waals surface area (Å²) in [5.41, 5.74) is 1.82. The van der Waals surface area contributed by atoms with Crippen molar-refractivity contribution in [2.75, 3.05) is 30.4 Å². The molecule has 3 aromatic rings. The van der Waals surface area contributed by atoms with Crippen LogP contribution in [0.25, 0.3) is 0 Å². The highest BCUT2D eigenvalue weighted by Crippen LogP contribution is 2.31. The number of carbonyl (C=O) groups excluding carboxylic acids is 2. The third-order valence-electron chi connectivity index (χ3n) is 4.87. The lowest BCUT2D eigenvalue weighted by Crippen LogP contribution is -2.19. The zero-order chi connectivity index (χ0) is 20.9. The number of hydrogen-bond acceptors (Lipinski definition) is 8. The normalized spacial score (nSPS) is 15.8. The lowest BCUT2D eigenvalue weighted by Gasteiger charge is -2.13. The van der Waals surface area contributed by atoms with Crippen LogP contribution < -0.4 is 15.5 Å². The first-order valence-corrected chi connectivity index (χ1v) is 10.4. The summed E-state index contributed by atoms with van der Waals surface area (Å²) in [6.45, 7) is 1.54. The number of carbonyl (C=O) groups is 2. The first-order chi connectivity index (χ1) is 14.6. The first kappa shape index (κ1) is 19.9. The van der Waals surface area contributed by atoms with Crippen molar-refractivity contribution >= 4 is 34.1 Å². The minimum atomic E-state index is -0.231. The summed E-state index contributed by atoms with van der Waals surface area (Å²) in [6.07, 6.45) is 1.20. The smallest absolute Gasteiger partial charge is 0.282 e. The Morgan fingerprint density at radius 1 is 1.10 bits per heavy atom. The fraction of sp³-hybridized carbons (Fsp3) is 0.300. The van der Waals surface area contributed by atoms with E-state index in [9.17, 15) is 9.59 Å². The van der Waals surface area contributed by atoms with Crippen molar-refractivity contribution in [2.45, 2.75) is 18.8 Å². The molecule has 1 fully saturated rings. The second-order valence-corrected chi connectivity index (χ2v) is 7.91. The summed E-state index contributed by atoms with van der Waals surface area (Å²) in [5.74, 6) is 0.288. The van der Waals surface area contributed by atoms with Crippen molar-refractivity contribution in [1.29, 1.82) is 0 Å². The van der Waals surface area contributed by atoms with E-state index in [-0.39, 0.29) is 17.7 Å². The van der Waals surface area contributed by atoms with E-state index >= 15 is 0 Å². The van der Waals surface area contributed by atoms with Gasteiger partial charge < -0.3 is 15.5 Å². The highest BCUT2D eigenvalue weighted by atomic mass is 32.1. The van der Waals surface area contributed by atoms with E-state index in [4.69, 9.17) is 0 Å². The second-order valence-electron chi connectivity index (χ2n) is 6.95. The average Bonchev–Trinajstić information content (AvgIpc) is 3.44. The third kappa shape index (κ3) is 4.60. The number of hydrogen-bond donors (Lipinski definition) is 2. The molecule has 1 saturated heterocycles. The van der Waals surface area contributed by atoms with Gasteiger partial charge in [-0.2, -0.15) is 5.10 Å². The molecule has 1 unspecified atom stereocenters. The summed E-state index contributed by atoms with van der Waals surface area (Å²) in [5, 5.41) is 23.0. The topological polar surface area (TPSA) is 113 Å². The van der Waals surface area contributed by atoms with E-state index in [0.29, 0.717) is 17.2 Å². The summed E-state index contributed by atoms with van der Waals surface area (Å²) < 4.78 is 0. The van der Waals surface area contributed by atoms with Crippen LogP contribution in [0.2, 0.25) is 0 Å². The molecule has 2 N–H and O–H groups in total. The molecule has 154 valence electrons. The van der Waals surface area contributed by atoms with Crippen molar-refractivity contribution in [3.05, 3.63) is 58.7 Å². The van der Waals surface area contributed by atoms with Gasteiger partial charge in [-0.3, -0.25) is 9.59 Å². The second kappa shape index (κ2) is 8.95. The number of benzene rings is 1. The van der Waals surface area contributed by atoms with E-state index in [1.165, 1.54) is 11.3 Å². The Hall–Kier alpha value is -3.40. The Kier molecular flexibility index (Phi) is 5.94.